The van der Waals surface area contributed by atoms with Gasteiger partial charge in [0.2, 0.25) is 0 Å². The van der Waals surface area contributed by atoms with E-state index < -0.39 is 11.6 Å². The van der Waals surface area contributed by atoms with Crippen molar-refractivity contribution >= 4 is 22.6 Å². The number of hydrogen-bond donors (Lipinski definition) is 2. The lowest BCUT2D eigenvalue weighted by Gasteiger charge is -2.31. The first-order valence-corrected chi connectivity index (χ1v) is 10.8. The van der Waals surface area contributed by atoms with Gasteiger partial charge >= 0.3 is 5.97 Å². The van der Waals surface area contributed by atoms with E-state index in [1.807, 2.05) is 18.2 Å². The average molecular weight is 419 g/mol. The zero-order chi connectivity index (χ0) is 21.9. The first-order chi connectivity index (χ1) is 14.9. The summed E-state index contributed by atoms with van der Waals surface area (Å²) in [6.07, 6.45) is 3.05. The molecule has 0 unspecified atom stereocenters. The third-order valence-corrected chi connectivity index (χ3v) is 6.61. The number of pyridine rings is 2. The number of carbonyl (C=O) groups excluding carboxylic acids is 1. The predicted molar refractivity (Wildman–Crippen MR) is 118 cm³/mol. The molecule has 2 aliphatic rings. The molecule has 1 aromatic carbocycles. The van der Waals surface area contributed by atoms with Gasteiger partial charge in [-0.05, 0) is 49.1 Å². The Bertz CT molecular complexity index is 1310. The maximum atomic E-state index is 13.4. The van der Waals surface area contributed by atoms with Crippen LogP contribution >= 0.6 is 0 Å². The van der Waals surface area contributed by atoms with Crippen molar-refractivity contribution in [3.8, 4) is 11.4 Å². The van der Waals surface area contributed by atoms with Crippen LogP contribution in [0.1, 0.15) is 55.4 Å². The normalized spacial score (nSPS) is 19.1. The fraction of sp³-hybridized carbons (Fsp3) is 0.375. The van der Waals surface area contributed by atoms with Gasteiger partial charge in [0, 0.05) is 22.2 Å². The van der Waals surface area contributed by atoms with Crippen LogP contribution in [0, 0.1) is 0 Å². The molecule has 160 valence electrons. The zero-order valence-corrected chi connectivity index (χ0v) is 17.7. The Kier molecular flexibility index (Phi) is 4.41. The lowest BCUT2D eigenvalue weighted by molar-refractivity contribution is -0.172. The summed E-state index contributed by atoms with van der Waals surface area (Å²) < 4.78 is 6.83. The molecule has 0 amide bonds. The number of esters is 1. The number of unbranched alkanes of at least 4 members (excludes halogenated alkanes) is 1. The van der Waals surface area contributed by atoms with Crippen LogP contribution in [-0.2, 0) is 34.7 Å². The molecule has 4 heterocycles. The van der Waals surface area contributed by atoms with Crippen LogP contribution in [0.2, 0.25) is 0 Å². The number of ether oxygens (including phenoxy) is 1. The number of nitrogens with zero attached hydrogens (tertiary/aromatic N) is 2. The Morgan fingerprint density at radius 1 is 1.23 bits per heavy atom. The molecule has 2 aromatic heterocycles. The molecule has 0 aliphatic carbocycles. The van der Waals surface area contributed by atoms with Crippen molar-refractivity contribution in [3.05, 3.63) is 56.9 Å². The topological polar surface area (TPSA) is 107 Å². The number of rotatable bonds is 4. The molecule has 1 atom stereocenters. The summed E-state index contributed by atoms with van der Waals surface area (Å²) in [5.74, 6) is -0.712. The molecule has 0 saturated carbocycles. The first kappa shape index (κ1) is 19.8. The Balaban J connectivity index is 1.80. The number of fused-ring (bicyclic) bond motifs is 5. The number of nitrogen functional groups attached to an aromatic ring is 1. The number of aliphatic hydroxyl groups is 1. The van der Waals surface area contributed by atoms with Crippen LogP contribution in [0.5, 0.6) is 0 Å². The summed E-state index contributed by atoms with van der Waals surface area (Å²) >= 11 is 0. The van der Waals surface area contributed by atoms with Crippen LogP contribution < -0.4 is 11.3 Å². The number of hydrogen-bond acceptors (Lipinski definition) is 6. The molecule has 5 rings (SSSR count). The molecule has 0 radical (unpaired) electrons. The van der Waals surface area contributed by atoms with Gasteiger partial charge in [-0.25, -0.2) is 9.78 Å². The fourth-order valence-electron chi connectivity index (χ4n) is 4.82. The van der Waals surface area contributed by atoms with Gasteiger partial charge in [0.15, 0.2) is 5.60 Å². The van der Waals surface area contributed by atoms with E-state index in [-0.39, 0.29) is 18.6 Å². The summed E-state index contributed by atoms with van der Waals surface area (Å²) in [4.78, 5) is 30.6. The van der Waals surface area contributed by atoms with Crippen molar-refractivity contribution in [3.63, 3.8) is 0 Å². The lowest BCUT2D eigenvalue weighted by atomic mass is 9.86. The van der Waals surface area contributed by atoms with E-state index in [4.69, 9.17) is 15.5 Å². The van der Waals surface area contributed by atoms with E-state index in [0.29, 0.717) is 29.1 Å². The van der Waals surface area contributed by atoms with Crippen LogP contribution in [0.4, 0.5) is 5.69 Å². The number of aryl methyl sites for hydroxylation is 1. The Morgan fingerprint density at radius 2 is 2.03 bits per heavy atom. The van der Waals surface area contributed by atoms with Crippen molar-refractivity contribution in [2.45, 2.75) is 58.3 Å². The third-order valence-electron chi connectivity index (χ3n) is 6.61. The van der Waals surface area contributed by atoms with Gasteiger partial charge in [-0.2, -0.15) is 0 Å². The second-order valence-electron chi connectivity index (χ2n) is 8.40. The quantitative estimate of drug-likeness (QED) is 0.389. The maximum absolute atomic E-state index is 13.4. The van der Waals surface area contributed by atoms with Crippen LogP contribution in [0.15, 0.2) is 29.1 Å². The summed E-state index contributed by atoms with van der Waals surface area (Å²) in [6, 6.07) is 7.43. The smallest absolute Gasteiger partial charge is 0.343 e. The van der Waals surface area contributed by atoms with E-state index in [2.05, 4.69) is 6.92 Å². The number of benzene rings is 1. The molecule has 3 N–H and O–H groups in total. The lowest BCUT2D eigenvalue weighted by Crippen LogP contribution is -2.44. The van der Waals surface area contributed by atoms with Crippen molar-refractivity contribution in [2.24, 2.45) is 0 Å². The molecule has 2 aliphatic heterocycles. The fourth-order valence-corrected chi connectivity index (χ4v) is 4.82. The van der Waals surface area contributed by atoms with Gasteiger partial charge in [-0.15, -0.1) is 0 Å². The third kappa shape index (κ3) is 2.73. The summed E-state index contributed by atoms with van der Waals surface area (Å²) in [7, 11) is 0. The summed E-state index contributed by atoms with van der Waals surface area (Å²) in [5.41, 5.74) is 9.72. The van der Waals surface area contributed by atoms with Gasteiger partial charge in [0.25, 0.3) is 5.56 Å². The maximum Gasteiger partial charge on any atom is 0.343 e. The SMILES string of the molecule is CCCCc1c2c(nc3ccc(N)cc13)-c1cc3c(c(=O)n1C2)COC(=O)[C@]3(O)CC. The minimum absolute atomic E-state index is 0.124. The largest absolute Gasteiger partial charge is 0.458 e. The predicted octanol–water partition coefficient (Wildman–Crippen LogP) is 3.00. The van der Waals surface area contributed by atoms with E-state index in [1.54, 1.807) is 17.6 Å². The van der Waals surface area contributed by atoms with Crippen LogP contribution in [0.3, 0.4) is 0 Å². The van der Waals surface area contributed by atoms with E-state index >= 15 is 0 Å². The first-order valence-electron chi connectivity index (χ1n) is 10.8. The molecular formula is C24H25N3O4. The molecule has 31 heavy (non-hydrogen) atoms. The number of aromatic nitrogens is 2. The van der Waals surface area contributed by atoms with E-state index in [1.165, 1.54) is 0 Å². The molecule has 7 heteroatoms. The van der Waals surface area contributed by atoms with E-state index in [0.717, 1.165) is 47.0 Å². The minimum Gasteiger partial charge on any atom is -0.458 e. The molecule has 0 saturated heterocycles. The second kappa shape index (κ2) is 6.92. The Labute approximate surface area is 179 Å². The Hall–Kier alpha value is -3.19. The number of nitrogens with two attached hydrogens (primary N) is 1. The molecule has 0 fully saturated rings. The van der Waals surface area contributed by atoms with Gasteiger partial charge in [-0.3, -0.25) is 4.79 Å². The molecule has 0 bridgehead atoms. The van der Waals surface area contributed by atoms with Crippen molar-refractivity contribution in [1.82, 2.24) is 9.55 Å². The number of cyclic esters (lactones) is 1. The van der Waals surface area contributed by atoms with Gasteiger partial charge in [0.1, 0.15) is 6.61 Å². The van der Waals surface area contributed by atoms with Crippen LogP contribution in [-0.4, -0.2) is 20.6 Å². The summed E-state index contributed by atoms with van der Waals surface area (Å²) in [5, 5.41) is 12.0. The number of carbonyl (C=O) groups is 1. The highest BCUT2D eigenvalue weighted by Crippen LogP contribution is 2.40. The molecule has 0 spiro atoms. The zero-order valence-electron chi connectivity index (χ0n) is 17.7. The molecule has 3 aromatic rings. The number of anilines is 1. The van der Waals surface area contributed by atoms with Crippen LogP contribution in [0.25, 0.3) is 22.3 Å². The minimum atomic E-state index is -1.82. The highest BCUT2D eigenvalue weighted by molar-refractivity contribution is 5.90. The monoisotopic (exact) mass is 419 g/mol. The highest BCUT2D eigenvalue weighted by Gasteiger charge is 2.45. The average Bonchev–Trinajstić information content (AvgIpc) is 3.13. The highest BCUT2D eigenvalue weighted by atomic mass is 16.6. The van der Waals surface area contributed by atoms with Gasteiger partial charge < -0.3 is 20.1 Å². The molecular weight excluding hydrogens is 394 g/mol. The van der Waals surface area contributed by atoms with Crippen molar-refractivity contribution in [1.29, 1.82) is 0 Å². The molecule has 7 nitrogen and oxygen atoms in total. The van der Waals surface area contributed by atoms with Gasteiger partial charge in [0.05, 0.1) is 29.0 Å². The Morgan fingerprint density at radius 3 is 2.77 bits per heavy atom. The summed E-state index contributed by atoms with van der Waals surface area (Å²) in [6.45, 7) is 4.13. The second-order valence-corrected chi connectivity index (χ2v) is 8.40. The van der Waals surface area contributed by atoms with E-state index in [9.17, 15) is 14.7 Å². The van der Waals surface area contributed by atoms with Crippen molar-refractivity contribution < 1.29 is 14.6 Å². The van der Waals surface area contributed by atoms with Gasteiger partial charge in [-0.1, -0.05) is 20.3 Å². The van der Waals surface area contributed by atoms with Crippen molar-refractivity contribution in [2.75, 3.05) is 5.73 Å². The standard InChI is InChI=1S/C24H25N3O4/c1-3-5-6-14-15-9-13(25)7-8-19(15)26-21-16(14)11-27-20(21)10-18-17(22(27)28)12-31-23(29)24(18,30)4-2/h7-10,30H,3-6,11-12,25H2,1-2H3/t24-/m0/s1.